The van der Waals surface area contributed by atoms with E-state index in [0.29, 0.717) is 11.4 Å². The number of nitrogens with two attached hydrogens (primary N) is 2. The summed E-state index contributed by atoms with van der Waals surface area (Å²) in [6.07, 6.45) is 0.140. The fourth-order valence-corrected chi connectivity index (χ4v) is 3.65. The van der Waals surface area contributed by atoms with Gasteiger partial charge in [0.25, 0.3) is 0 Å². The first kappa shape index (κ1) is 28.5. The molecule has 0 atom stereocenters. The Morgan fingerprint density at radius 2 is 1.00 bits per heavy atom. The van der Waals surface area contributed by atoms with Gasteiger partial charge in [0.2, 0.25) is 0 Å². The highest BCUT2D eigenvalue weighted by atomic mass is 32.1. The van der Waals surface area contributed by atoms with Gasteiger partial charge in [-0.05, 0) is 107 Å². The van der Waals surface area contributed by atoms with Crippen LogP contribution in [-0.2, 0) is 0 Å². The quantitative estimate of drug-likeness (QED) is 0.167. The van der Waals surface area contributed by atoms with Crippen molar-refractivity contribution in [2.45, 2.75) is 39.9 Å². The zero-order chi connectivity index (χ0) is 27.7. The first-order valence-electron chi connectivity index (χ1n) is 12.0. The molecule has 0 spiro atoms. The zero-order valence-corrected chi connectivity index (χ0v) is 23.4. The van der Waals surface area contributed by atoms with Gasteiger partial charge in [-0.25, -0.2) is 0 Å². The Labute approximate surface area is 234 Å². The molecule has 198 valence electrons. The number of thiocarbonyl (C=S) groups is 2. The SMILES string of the molecule is CC(C)Oc1ccc(/C(=N/NC(N)=S)c2cccc(/C(=N/NC(N)=S)c3ccc(OC(C)C)cc3)c2)cc1. The van der Waals surface area contributed by atoms with Crippen LogP contribution in [0.3, 0.4) is 0 Å². The van der Waals surface area contributed by atoms with E-state index in [4.69, 9.17) is 45.4 Å². The number of nitrogens with one attached hydrogen (secondary N) is 2. The van der Waals surface area contributed by atoms with Crippen LogP contribution in [0.15, 0.2) is 83.0 Å². The highest BCUT2D eigenvalue weighted by molar-refractivity contribution is 7.80. The summed E-state index contributed by atoms with van der Waals surface area (Å²) in [5, 5.41) is 9.10. The molecule has 0 saturated carbocycles. The molecule has 0 unspecified atom stereocenters. The molecule has 0 aliphatic rings. The lowest BCUT2D eigenvalue weighted by atomic mass is 9.96. The van der Waals surface area contributed by atoms with Gasteiger partial charge in [0.05, 0.1) is 23.6 Å². The van der Waals surface area contributed by atoms with Crippen LogP contribution in [0.1, 0.15) is 49.9 Å². The molecule has 0 aliphatic carbocycles. The maximum absolute atomic E-state index is 5.78. The smallest absolute Gasteiger partial charge is 0.184 e. The molecule has 3 aromatic carbocycles. The molecule has 0 aromatic heterocycles. The summed E-state index contributed by atoms with van der Waals surface area (Å²) < 4.78 is 11.6. The van der Waals surface area contributed by atoms with Gasteiger partial charge in [-0.2, -0.15) is 10.2 Å². The first-order chi connectivity index (χ1) is 18.1. The maximum atomic E-state index is 5.78. The lowest BCUT2D eigenvalue weighted by molar-refractivity contribution is 0.242. The number of hydrogen-bond donors (Lipinski definition) is 4. The third-order valence-electron chi connectivity index (χ3n) is 4.96. The van der Waals surface area contributed by atoms with Gasteiger partial charge in [-0.15, -0.1) is 0 Å². The summed E-state index contributed by atoms with van der Waals surface area (Å²) in [5.74, 6) is 1.53. The Morgan fingerprint density at radius 1 is 0.632 bits per heavy atom. The molecule has 0 aliphatic heterocycles. The van der Waals surface area contributed by atoms with E-state index < -0.39 is 0 Å². The van der Waals surface area contributed by atoms with Crippen molar-refractivity contribution in [2.75, 3.05) is 0 Å². The van der Waals surface area contributed by atoms with Crippen LogP contribution < -0.4 is 31.8 Å². The number of hydrazone groups is 2. The van der Waals surface area contributed by atoms with Crippen molar-refractivity contribution < 1.29 is 9.47 Å². The fourth-order valence-electron chi connectivity index (χ4n) is 3.55. The normalized spacial score (nSPS) is 11.8. The van der Waals surface area contributed by atoms with E-state index in [2.05, 4.69) is 21.1 Å². The van der Waals surface area contributed by atoms with Crippen LogP contribution in [0.2, 0.25) is 0 Å². The number of nitrogens with zero attached hydrogens (tertiary/aromatic N) is 2. The van der Waals surface area contributed by atoms with E-state index in [0.717, 1.165) is 33.8 Å². The predicted molar refractivity (Wildman–Crippen MR) is 162 cm³/mol. The lowest BCUT2D eigenvalue weighted by Gasteiger charge is -2.14. The predicted octanol–water partition coefficient (Wildman–Crippen LogP) is 4.43. The number of benzene rings is 3. The molecule has 0 heterocycles. The fraction of sp³-hybridized carbons (Fsp3) is 0.214. The molecule has 0 bridgehead atoms. The van der Waals surface area contributed by atoms with E-state index in [1.807, 2.05) is 100 Å². The topological polar surface area (TPSA) is 119 Å². The second-order valence-corrected chi connectivity index (χ2v) is 9.72. The van der Waals surface area contributed by atoms with E-state index in [1.54, 1.807) is 0 Å². The number of hydrogen-bond acceptors (Lipinski definition) is 6. The van der Waals surface area contributed by atoms with Gasteiger partial charge in [0, 0.05) is 22.3 Å². The Hall–Kier alpha value is -4.02. The van der Waals surface area contributed by atoms with Gasteiger partial charge in [-0.1, -0.05) is 18.2 Å². The van der Waals surface area contributed by atoms with Gasteiger partial charge in [-0.3, -0.25) is 10.9 Å². The van der Waals surface area contributed by atoms with Gasteiger partial charge >= 0.3 is 0 Å². The van der Waals surface area contributed by atoms with Crippen molar-refractivity contribution in [2.24, 2.45) is 21.7 Å². The standard InChI is InChI=1S/C28H32N6O2S2/c1-17(2)35-23-12-8-19(9-13-23)25(31-33-27(29)37)21-6-5-7-22(16-21)26(32-34-28(30)38)20-10-14-24(15-11-20)36-18(3)4/h5-18H,1-4H3,(H3,29,33,37)(H3,30,34,38)/b31-25-,32-26+. The average molecular weight is 549 g/mol. The van der Waals surface area contributed by atoms with Gasteiger partial charge in [0.1, 0.15) is 11.5 Å². The molecule has 6 N–H and O–H groups in total. The molecule has 3 aromatic rings. The van der Waals surface area contributed by atoms with Crippen LogP contribution in [0.4, 0.5) is 0 Å². The van der Waals surface area contributed by atoms with E-state index in [-0.39, 0.29) is 22.4 Å². The number of rotatable bonds is 10. The molecule has 8 nitrogen and oxygen atoms in total. The molecule has 0 fully saturated rings. The molecule has 0 amide bonds. The molecule has 10 heteroatoms. The van der Waals surface area contributed by atoms with Crippen LogP contribution >= 0.6 is 24.4 Å². The van der Waals surface area contributed by atoms with Crippen molar-refractivity contribution in [3.8, 4) is 11.5 Å². The minimum Gasteiger partial charge on any atom is -0.491 e. The molecular weight excluding hydrogens is 516 g/mol. The Balaban J connectivity index is 2.04. The minimum absolute atomic E-state index is 0.0602. The summed E-state index contributed by atoms with van der Waals surface area (Å²) in [4.78, 5) is 0. The highest BCUT2D eigenvalue weighted by Gasteiger charge is 2.14. The maximum Gasteiger partial charge on any atom is 0.184 e. The number of ether oxygens (including phenoxy) is 2. The summed E-state index contributed by atoms with van der Waals surface area (Å²) in [6.45, 7) is 7.92. The van der Waals surface area contributed by atoms with Crippen LogP contribution in [0, 0.1) is 0 Å². The monoisotopic (exact) mass is 548 g/mol. The minimum atomic E-state index is 0.0602. The summed E-state index contributed by atoms with van der Waals surface area (Å²) in [5.41, 5.74) is 21.3. The van der Waals surface area contributed by atoms with Crippen molar-refractivity contribution in [3.05, 3.63) is 95.1 Å². The Kier molecular flexibility index (Phi) is 10.1. The molecule has 3 rings (SSSR count). The van der Waals surface area contributed by atoms with Gasteiger partial charge < -0.3 is 20.9 Å². The molecule has 0 radical (unpaired) electrons. The van der Waals surface area contributed by atoms with Gasteiger partial charge in [0.15, 0.2) is 10.2 Å². The summed E-state index contributed by atoms with van der Waals surface area (Å²) >= 11 is 9.97. The van der Waals surface area contributed by atoms with Crippen LogP contribution in [0.25, 0.3) is 0 Å². The average Bonchev–Trinajstić information content (AvgIpc) is 2.85. The second-order valence-electron chi connectivity index (χ2n) is 8.84. The van der Waals surface area contributed by atoms with Crippen molar-refractivity contribution >= 4 is 46.1 Å². The first-order valence-corrected chi connectivity index (χ1v) is 12.8. The third-order valence-corrected chi connectivity index (χ3v) is 5.15. The second kappa shape index (κ2) is 13.5. The third kappa shape index (κ3) is 8.53. The van der Waals surface area contributed by atoms with E-state index in [1.165, 1.54) is 0 Å². The van der Waals surface area contributed by atoms with Crippen LogP contribution in [0.5, 0.6) is 11.5 Å². The van der Waals surface area contributed by atoms with E-state index >= 15 is 0 Å². The summed E-state index contributed by atoms with van der Waals surface area (Å²) in [6, 6.07) is 23.1. The molecule has 0 saturated heterocycles. The highest BCUT2D eigenvalue weighted by Crippen LogP contribution is 2.21. The zero-order valence-electron chi connectivity index (χ0n) is 21.8. The van der Waals surface area contributed by atoms with Crippen LogP contribution in [-0.4, -0.2) is 33.9 Å². The van der Waals surface area contributed by atoms with E-state index in [9.17, 15) is 0 Å². The Morgan fingerprint density at radius 3 is 1.32 bits per heavy atom. The van der Waals surface area contributed by atoms with Crippen molar-refractivity contribution in [1.29, 1.82) is 0 Å². The van der Waals surface area contributed by atoms with Crippen molar-refractivity contribution in [3.63, 3.8) is 0 Å². The largest absolute Gasteiger partial charge is 0.491 e. The Bertz CT molecular complexity index is 1220. The molecular formula is C28H32N6O2S2. The summed E-state index contributed by atoms with van der Waals surface area (Å²) in [7, 11) is 0. The lowest BCUT2D eigenvalue weighted by Crippen LogP contribution is -2.26. The van der Waals surface area contributed by atoms with Crippen molar-refractivity contribution in [1.82, 2.24) is 10.9 Å². The molecule has 38 heavy (non-hydrogen) atoms.